The van der Waals surface area contributed by atoms with E-state index in [2.05, 4.69) is 10.6 Å². The number of carbonyl (C=O) groups is 1. The molecule has 0 aliphatic rings. The number of hydrogen-bond acceptors (Lipinski definition) is 2. The molecule has 0 atom stereocenters. The van der Waals surface area contributed by atoms with Crippen LogP contribution < -0.4 is 10.6 Å². The molecule has 0 saturated heterocycles. The van der Waals surface area contributed by atoms with E-state index in [0.29, 0.717) is 5.56 Å². The van der Waals surface area contributed by atoms with E-state index in [4.69, 9.17) is 0 Å². The Morgan fingerprint density at radius 3 is 2.15 bits per heavy atom. The van der Waals surface area contributed by atoms with Crippen LogP contribution in [0.25, 0.3) is 0 Å². The van der Waals surface area contributed by atoms with Gasteiger partial charge in [0.25, 0.3) is 5.91 Å². The van der Waals surface area contributed by atoms with Gasteiger partial charge < -0.3 is 10.6 Å². The molecule has 3 nitrogen and oxygen atoms in total. The second-order valence-corrected chi connectivity index (χ2v) is 4.83. The van der Waals surface area contributed by atoms with Gasteiger partial charge in [0, 0.05) is 23.5 Å². The normalized spacial score (nSPS) is 10.2. The van der Waals surface area contributed by atoms with Crippen LogP contribution in [0.3, 0.4) is 0 Å². The van der Waals surface area contributed by atoms with E-state index < -0.39 is 0 Å². The molecule has 2 N–H and O–H groups in total. The van der Waals surface area contributed by atoms with Gasteiger partial charge in [-0.15, -0.1) is 0 Å². The summed E-state index contributed by atoms with van der Waals surface area (Å²) in [6.45, 7) is 6.91. The van der Waals surface area contributed by atoms with Crippen LogP contribution in [0.5, 0.6) is 0 Å². The van der Waals surface area contributed by atoms with Crippen LogP contribution in [0.15, 0.2) is 42.5 Å². The van der Waals surface area contributed by atoms with E-state index >= 15 is 0 Å². The number of aryl methyl sites for hydroxylation is 2. The van der Waals surface area contributed by atoms with Crippen molar-refractivity contribution in [2.75, 3.05) is 17.2 Å². The number of benzene rings is 2. The molecule has 0 fully saturated rings. The fourth-order valence-corrected chi connectivity index (χ4v) is 2.14. The maximum absolute atomic E-state index is 12.3. The maximum atomic E-state index is 12.3. The number of carbonyl (C=O) groups excluding carboxylic acids is 1. The Kier molecular flexibility index (Phi) is 4.41. The van der Waals surface area contributed by atoms with Crippen LogP contribution >= 0.6 is 0 Å². The predicted octanol–water partition coefficient (Wildman–Crippen LogP) is 3.99. The minimum atomic E-state index is -0.0783. The second kappa shape index (κ2) is 6.24. The molecule has 104 valence electrons. The van der Waals surface area contributed by atoms with Gasteiger partial charge in [0.05, 0.1) is 0 Å². The van der Waals surface area contributed by atoms with Gasteiger partial charge in [-0.2, -0.15) is 0 Å². The summed E-state index contributed by atoms with van der Waals surface area (Å²) in [6, 6.07) is 13.5. The quantitative estimate of drug-likeness (QED) is 0.880. The van der Waals surface area contributed by atoms with Gasteiger partial charge in [0.15, 0.2) is 0 Å². The molecule has 2 aromatic carbocycles. The van der Waals surface area contributed by atoms with Crippen LogP contribution in [0, 0.1) is 13.8 Å². The first-order valence-corrected chi connectivity index (χ1v) is 6.83. The minimum absolute atomic E-state index is 0.0783. The molecule has 0 saturated carbocycles. The Morgan fingerprint density at radius 2 is 1.60 bits per heavy atom. The van der Waals surface area contributed by atoms with Crippen LogP contribution in [0.1, 0.15) is 28.4 Å². The first kappa shape index (κ1) is 14.1. The fraction of sp³-hybridized carbons (Fsp3) is 0.235. The Balaban J connectivity index is 2.16. The van der Waals surface area contributed by atoms with Crippen molar-refractivity contribution in [2.45, 2.75) is 20.8 Å². The van der Waals surface area contributed by atoms with Crippen LogP contribution in [0.2, 0.25) is 0 Å². The van der Waals surface area contributed by atoms with Gasteiger partial charge in [-0.05, 0) is 56.2 Å². The Labute approximate surface area is 120 Å². The zero-order valence-corrected chi connectivity index (χ0v) is 12.2. The highest BCUT2D eigenvalue weighted by molar-refractivity contribution is 6.05. The van der Waals surface area contributed by atoms with Gasteiger partial charge in [0.1, 0.15) is 0 Å². The third-order valence-corrected chi connectivity index (χ3v) is 3.25. The van der Waals surface area contributed by atoms with Crippen molar-refractivity contribution in [3.8, 4) is 0 Å². The lowest BCUT2D eigenvalue weighted by molar-refractivity contribution is 0.102. The van der Waals surface area contributed by atoms with Gasteiger partial charge in [-0.25, -0.2) is 0 Å². The Hall–Kier alpha value is -2.29. The highest BCUT2D eigenvalue weighted by Gasteiger charge is 2.09. The maximum Gasteiger partial charge on any atom is 0.255 e. The summed E-state index contributed by atoms with van der Waals surface area (Å²) in [6.07, 6.45) is 0. The summed E-state index contributed by atoms with van der Waals surface area (Å²) in [5.74, 6) is -0.0783. The van der Waals surface area contributed by atoms with E-state index in [1.54, 1.807) is 0 Å². The van der Waals surface area contributed by atoms with Crippen LogP contribution in [-0.2, 0) is 0 Å². The summed E-state index contributed by atoms with van der Waals surface area (Å²) in [5, 5.41) is 6.20. The van der Waals surface area contributed by atoms with Crippen LogP contribution in [0.4, 0.5) is 11.4 Å². The SMILES string of the molecule is CCNc1ccc(C(=O)Nc2c(C)cccc2C)cc1. The molecule has 0 bridgehead atoms. The summed E-state index contributed by atoms with van der Waals surface area (Å²) in [4.78, 5) is 12.3. The first-order chi connectivity index (χ1) is 9.61. The van der Waals surface area contributed by atoms with E-state index in [9.17, 15) is 4.79 Å². The van der Waals surface area contributed by atoms with Gasteiger partial charge in [-0.3, -0.25) is 4.79 Å². The average Bonchev–Trinajstić information content (AvgIpc) is 2.44. The topological polar surface area (TPSA) is 41.1 Å². The summed E-state index contributed by atoms with van der Waals surface area (Å²) in [7, 11) is 0. The molecule has 0 aromatic heterocycles. The standard InChI is InChI=1S/C17H20N2O/c1-4-18-15-10-8-14(9-11-15)17(20)19-16-12(2)6-5-7-13(16)3/h5-11,18H,4H2,1-3H3,(H,19,20). The molecule has 2 rings (SSSR count). The molecule has 1 amide bonds. The van der Waals surface area contributed by atoms with E-state index in [1.165, 1.54) is 0 Å². The molecule has 2 aromatic rings. The van der Waals surface area contributed by atoms with Gasteiger partial charge in [0.2, 0.25) is 0 Å². The number of hydrogen-bond donors (Lipinski definition) is 2. The first-order valence-electron chi connectivity index (χ1n) is 6.83. The molecule has 0 unspecified atom stereocenters. The number of para-hydroxylation sites is 1. The van der Waals surface area contributed by atoms with E-state index in [1.807, 2.05) is 63.2 Å². The van der Waals surface area contributed by atoms with Crippen molar-refractivity contribution in [2.24, 2.45) is 0 Å². The Bertz CT molecular complexity index is 583. The molecule has 20 heavy (non-hydrogen) atoms. The lowest BCUT2D eigenvalue weighted by Gasteiger charge is -2.11. The van der Waals surface area contributed by atoms with Crippen molar-refractivity contribution in [3.63, 3.8) is 0 Å². The molecule has 0 spiro atoms. The second-order valence-electron chi connectivity index (χ2n) is 4.83. The van der Waals surface area contributed by atoms with Gasteiger partial charge >= 0.3 is 0 Å². The number of nitrogens with one attached hydrogen (secondary N) is 2. The molecule has 0 aliphatic carbocycles. The molecule has 0 radical (unpaired) electrons. The monoisotopic (exact) mass is 268 g/mol. The lowest BCUT2D eigenvalue weighted by Crippen LogP contribution is -2.13. The van der Waals surface area contributed by atoms with Crippen molar-refractivity contribution in [1.82, 2.24) is 0 Å². The van der Waals surface area contributed by atoms with Crippen molar-refractivity contribution in [3.05, 3.63) is 59.2 Å². The number of anilines is 2. The molecule has 0 heterocycles. The lowest BCUT2D eigenvalue weighted by atomic mass is 10.1. The van der Waals surface area contributed by atoms with Crippen molar-refractivity contribution in [1.29, 1.82) is 0 Å². The molecular formula is C17H20N2O. The minimum Gasteiger partial charge on any atom is -0.385 e. The molecular weight excluding hydrogens is 248 g/mol. The predicted molar refractivity (Wildman–Crippen MR) is 84.5 cm³/mol. The van der Waals surface area contributed by atoms with Crippen molar-refractivity contribution < 1.29 is 4.79 Å². The highest BCUT2D eigenvalue weighted by Crippen LogP contribution is 2.20. The third-order valence-electron chi connectivity index (χ3n) is 3.25. The van der Waals surface area contributed by atoms with Crippen molar-refractivity contribution >= 4 is 17.3 Å². The van der Waals surface area contributed by atoms with Gasteiger partial charge in [-0.1, -0.05) is 18.2 Å². The largest absolute Gasteiger partial charge is 0.385 e. The summed E-state index contributed by atoms with van der Waals surface area (Å²) in [5.41, 5.74) is 4.73. The molecule has 3 heteroatoms. The zero-order chi connectivity index (χ0) is 14.5. The smallest absolute Gasteiger partial charge is 0.255 e. The summed E-state index contributed by atoms with van der Waals surface area (Å²) >= 11 is 0. The molecule has 0 aliphatic heterocycles. The summed E-state index contributed by atoms with van der Waals surface area (Å²) < 4.78 is 0. The number of amides is 1. The van der Waals surface area contributed by atoms with E-state index in [-0.39, 0.29) is 5.91 Å². The third kappa shape index (κ3) is 3.18. The zero-order valence-electron chi connectivity index (χ0n) is 12.2. The fourth-order valence-electron chi connectivity index (χ4n) is 2.14. The average molecular weight is 268 g/mol. The van der Waals surface area contributed by atoms with Crippen LogP contribution in [-0.4, -0.2) is 12.5 Å². The number of rotatable bonds is 4. The Morgan fingerprint density at radius 1 is 1.00 bits per heavy atom. The highest BCUT2D eigenvalue weighted by atomic mass is 16.1. The van der Waals surface area contributed by atoms with E-state index in [0.717, 1.165) is 29.0 Å².